The number of Topliss-reactive ketones (excluding diaryl/α,β-unsaturated/α-hetero) is 1. The molecule has 0 radical (unpaired) electrons. The van der Waals surface area contributed by atoms with Gasteiger partial charge in [-0.1, -0.05) is 38.1 Å². The van der Waals surface area contributed by atoms with Crippen LogP contribution >= 0.6 is 11.3 Å². The minimum absolute atomic E-state index is 0.0348. The molecule has 1 saturated heterocycles. The Kier molecular flexibility index (Phi) is 13.1. The Morgan fingerprint density at radius 2 is 1.64 bits per heavy atom. The van der Waals surface area contributed by atoms with Crippen molar-refractivity contribution in [1.82, 2.24) is 5.32 Å². The second kappa shape index (κ2) is 17.3. The number of thiophene rings is 1. The first-order valence-electron chi connectivity index (χ1n) is 19.8. The Labute approximate surface area is 346 Å². The van der Waals surface area contributed by atoms with Crippen LogP contribution in [0.25, 0.3) is 0 Å². The van der Waals surface area contributed by atoms with Crippen molar-refractivity contribution in [2.75, 3.05) is 33.0 Å². The lowest BCUT2D eigenvalue weighted by Crippen LogP contribution is -2.81. The summed E-state index contributed by atoms with van der Waals surface area (Å²) in [6.07, 6.45) is -12.2. The topological polar surface area (TPSA) is 237 Å². The van der Waals surface area contributed by atoms with Crippen molar-refractivity contribution in [1.29, 1.82) is 0 Å². The molecule has 11 atom stereocenters. The third-order valence-corrected chi connectivity index (χ3v) is 13.8. The summed E-state index contributed by atoms with van der Waals surface area (Å²) < 4.78 is 34.2. The van der Waals surface area contributed by atoms with Crippen molar-refractivity contribution in [3.63, 3.8) is 0 Å². The SMILES string of the molecule is CCOCC(COCC)OC(=O)N[C@@H](c1cccs1)[C@@H](O)C(=O)O[C@H]1C[C@@]2(O)[C@@H](OC(=O)c3ccccc3)[C@@H]3[C@]4(O)CO[C@@H]4C[C@H](O)[C@@]3(C)C(=O)[C@H](O)C(=C1C)C2(C)C. The highest BCUT2D eigenvalue weighted by Gasteiger charge is 2.76. The highest BCUT2D eigenvalue weighted by Crippen LogP contribution is 2.63. The van der Waals surface area contributed by atoms with E-state index >= 15 is 0 Å². The molecule has 2 aromatic rings. The molecule has 2 bridgehead atoms. The molecule has 6 rings (SSSR count). The van der Waals surface area contributed by atoms with Gasteiger partial charge in [0.15, 0.2) is 18.0 Å². The molecule has 16 nitrogen and oxygen atoms in total. The van der Waals surface area contributed by atoms with Gasteiger partial charge < -0.3 is 59.3 Å². The number of amides is 1. The monoisotopic (exact) mass is 845 g/mol. The Morgan fingerprint density at radius 1 is 0.983 bits per heavy atom. The molecular formula is C42H55NO15S. The number of nitrogens with one attached hydrogen (secondary N) is 1. The van der Waals surface area contributed by atoms with Gasteiger partial charge in [0.1, 0.15) is 35.6 Å². The fourth-order valence-corrected chi connectivity index (χ4v) is 10.2. The zero-order chi connectivity index (χ0) is 43.1. The average Bonchev–Trinajstić information content (AvgIpc) is 3.75. The number of aliphatic hydroxyl groups is 5. The summed E-state index contributed by atoms with van der Waals surface area (Å²) in [4.78, 5) is 56.4. The van der Waals surface area contributed by atoms with Gasteiger partial charge in [-0.05, 0) is 62.4 Å². The van der Waals surface area contributed by atoms with Crippen LogP contribution in [0, 0.1) is 16.7 Å². The number of esters is 2. The average molecular weight is 846 g/mol. The number of fused-ring (bicyclic) bond motifs is 5. The van der Waals surface area contributed by atoms with Crippen molar-refractivity contribution < 1.29 is 73.1 Å². The van der Waals surface area contributed by atoms with Crippen LogP contribution in [-0.4, -0.2) is 136 Å². The first-order valence-corrected chi connectivity index (χ1v) is 20.7. The minimum atomic E-state index is -2.33. The van der Waals surface area contributed by atoms with E-state index < -0.39 is 107 Å². The second-order valence-electron chi connectivity index (χ2n) is 16.5. The highest BCUT2D eigenvalue weighted by atomic mass is 32.1. The molecule has 1 amide bonds. The van der Waals surface area contributed by atoms with Crippen LogP contribution in [0.15, 0.2) is 59.0 Å². The highest BCUT2D eigenvalue weighted by molar-refractivity contribution is 7.10. The largest absolute Gasteiger partial charge is 0.456 e. The standard InChI is InChI=1S/C42H55NO15S/c1-7-53-19-24(20-54-8-2)56-38(50)43-30(26-15-12-16-59-26)32(46)37(49)57-25-18-42(52)35(58-36(48)23-13-10-9-11-14-23)33-40(6,27(44)17-28-41(33,51)21-55-28)34(47)31(45)29(22(25)3)39(42,4)5/h9-16,24-25,27-28,30-33,35,44-46,51-52H,7-8,17-21H2,1-6H3,(H,43,50)/t25-,27-,28+,30-,31+,32+,33-,35-,40+,41-,42+/m0/s1. The fourth-order valence-electron chi connectivity index (χ4n) is 9.42. The van der Waals surface area contributed by atoms with Crippen molar-refractivity contribution in [3.05, 3.63) is 69.4 Å². The van der Waals surface area contributed by atoms with E-state index in [2.05, 4.69) is 5.32 Å². The van der Waals surface area contributed by atoms with Gasteiger partial charge in [-0.25, -0.2) is 14.4 Å². The maximum absolute atomic E-state index is 14.7. The first kappa shape index (κ1) is 44.8. The summed E-state index contributed by atoms with van der Waals surface area (Å²) in [5, 5.41) is 65.1. The number of aliphatic hydroxyl groups excluding tert-OH is 3. The fraction of sp³-hybridized carbons (Fsp3) is 0.619. The van der Waals surface area contributed by atoms with Gasteiger partial charge >= 0.3 is 18.0 Å². The summed E-state index contributed by atoms with van der Waals surface area (Å²) in [5.41, 5.74) is -7.62. The maximum atomic E-state index is 14.7. The van der Waals surface area contributed by atoms with Gasteiger partial charge in [-0.15, -0.1) is 11.3 Å². The third-order valence-electron chi connectivity index (χ3n) is 12.8. The maximum Gasteiger partial charge on any atom is 0.408 e. The lowest BCUT2D eigenvalue weighted by Gasteiger charge is -2.66. The number of rotatable bonds is 14. The van der Waals surface area contributed by atoms with Gasteiger partial charge in [-0.2, -0.15) is 0 Å². The van der Waals surface area contributed by atoms with Crippen molar-refractivity contribution in [2.24, 2.45) is 16.7 Å². The number of hydrogen-bond donors (Lipinski definition) is 6. The number of carbonyl (C=O) groups excluding carboxylic acids is 4. The Bertz CT molecular complexity index is 1880. The molecule has 6 N–H and O–H groups in total. The van der Waals surface area contributed by atoms with Gasteiger partial charge in [0.05, 0.1) is 43.0 Å². The second-order valence-corrected chi connectivity index (χ2v) is 17.4. The molecule has 1 aliphatic heterocycles. The van der Waals surface area contributed by atoms with Gasteiger partial charge in [0.2, 0.25) is 0 Å². The van der Waals surface area contributed by atoms with E-state index in [4.69, 9.17) is 28.4 Å². The van der Waals surface area contributed by atoms with Crippen LogP contribution in [0.5, 0.6) is 0 Å². The van der Waals surface area contributed by atoms with Crippen molar-refractivity contribution in [3.8, 4) is 0 Å². The van der Waals surface area contributed by atoms with Gasteiger partial charge in [0, 0.05) is 42.3 Å². The van der Waals surface area contributed by atoms with E-state index in [0.29, 0.717) is 18.1 Å². The molecule has 2 heterocycles. The summed E-state index contributed by atoms with van der Waals surface area (Å²) in [7, 11) is 0. The van der Waals surface area contributed by atoms with E-state index in [1.54, 1.807) is 63.4 Å². The molecule has 59 heavy (non-hydrogen) atoms. The Balaban J connectivity index is 1.38. The zero-order valence-corrected chi connectivity index (χ0v) is 34.8. The number of ketones is 1. The van der Waals surface area contributed by atoms with E-state index in [9.17, 15) is 44.7 Å². The molecule has 1 aromatic heterocycles. The molecule has 1 aromatic carbocycles. The predicted molar refractivity (Wildman–Crippen MR) is 209 cm³/mol. The van der Waals surface area contributed by atoms with Crippen LogP contribution in [-0.2, 0) is 38.0 Å². The zero-order valence-electron chi connectivity index (χ0n) is 34.0. The molecule has 0 spiro atoms. The number of alkyl carbamates (subject to hydrolysis) is 1. The first-order chi connectivity index (χ1) is 27.9. The summed E-state index contributed by atoms with van der Waals surface area (Å²) in [5.74, 6) is -4.59. The van der Waals surface area contributed by atoms with Crippen LogP contribution in [0.1, 0.15) is 75.7 Å². The lowest BCUT2D eigenvalue weighted by molar-refractivity contribution is -0.343. The summed E-state index contributed by atoms with van der Waals surface area (Å²) in [6.45, 7) is 10.0. The normalized spacial score (nSPS) is 33.3. The molecule has 3 aliphatic carbocycles. The molecule has 2 saturated carbocycles. The van der Waals surface area contributed by atoms with E-state index in [0.717, 1.165) is 11.3 Å². The van der Waals surface area contributed by atoms with E-state index in [1.165, 1.54) is 26.0 Å². The van der Waals surface area contributed by atoms with Crippen LogP contribution < -0.4 is 5.32 Å². The molecule has 17 heteroatoms. The number of hydrogen-bond acceptors (Lipinski definition) is 16. The Hall–Kier alpha value is -3.78. The number of benzene rings is 1. The van der Waals surface area contributed by atoms with Crippen LogP contribution in [0.3, 0.4) is 0 Å². The molecular weight excluding hydrogens is 791 g/mol. The van der Waals surface area contributed by atoms with E-state index in [-0.39, 0.29) is 43.0 Å². The number of carbonyl (C=O) groups is 4. The Morgan fingerprint density at radius 3 is 2.22 bits per heavy atom. The van der Waals surface area contributed by atoms with Gasteiger partial charge in [-0.3, -0.25) is 4.79 Å². The summed E-state index contributed by atoms with van der Waals surface area (Å²) >= 11 is 1.14. The van der Waals surface area contributed by atoms with Crippen LogP contribution in [0.2, 0.25) is 0 Å². The lowest BCUT2D eigenvalue weighted by atomic mass is 9.44. The smallest absolute Gasteiger partial charge is 0.408 e. The molecule has 3 fully saturated rings. The van der Waals surface area contributed by atoms with Gasteiger partial charge in [0.25, 0.3) is 0 Å². The van der Waals surface area contributed by atoms with Crippen LogP contribution in [0.4, 0.5) is 4.79 Å². The molecule has 0 unspecified atom stereocenters. The van der Waals surface area contributed by atoms with E-state index in [1.807, 2.05) is 0 Å². The molecule has 324 valence electrons. The third kappa shape index (κ3) is 7.85. The predicted octanol–water partition coefficient (Wildman–Crippen LogP) is 2.39. The van der Waals surface area contributed by atoms with Crippen molar-refractivity contribution in [2.45, 2.75) is 114 Å². The van der Waals surface area contributed by atoms with Crippen molar-refractivity contribution >= 4 is 35.2 Å². The number of ether oxygens (including phenoxy) is 6. The molecule has 4 aliphatic rings. The quantitative estimate of drug-likeness (QED) is 0.0910. The minimum Gasteiger partial charge on any atom is -0.456 e. The summed E-state index contributed by atoms with van der Waals surface area (Å²) in [6, 6.07) is 9.75.